The molecule has 1 N–H and O–H groups in total. The Bertz CT molecular complexity index is 841. The van der Waals surface area contributed by atoms with E-state index in [9.17, 15) is 8.42 Å². The molecule has 0 heterocycles. The van der Waals surface area contributed by atoms with Crippen LogP contribution in [0.25, 0.3) is 0 Å². The quantitative estimate of drug-likeness (QED) is 0.742. The van der Waals surface area contributed by atoms with Gasteiger partial charge in [-0.2, -0.15) is 0 Å². The van der Waals surface area contributed by atoms with Crippen LogP contribution in [0.1, 0.15) is 50.2 Å². The lowest BCUT2D eigenvalue weighted by atomic mass is 9.94. The van der Waals surface area contributed by atoms with Crippen LogP contribution in [0.4, 0.5) is 5.69 Å². The molecule has 4 nitrogen and oxygen atoms in total. The van der Waals surface area contributed by atoms with Crippen molar-refractivity contribution < 1.29 is 8.42 Å². The Balaban J connectivity index is 1.76. The molecule has 0 atom stereocenters. The number of nitrogens with one attached hydrogen (secondary N) is 1. The van der Waals surface area contributed by atoms with Gasteiger partial charge in [0.15, 0.2) is 0 Å². The molecular formula is C22H30N2O2S. The van der Waals surface area contributed by atoms with Gasteiger partial charge in [-0.05, 0) is 55.6 Å². The van der Waals surface area contributed by atoms with Crippen molar-refractivity contribution in [3.63, 3.8) is 0 Å². The van der Waals surface area contributed by atoms with E-state index in [1.807, 2.05) is 36.4 Å². The average Bonchev–Trinajstić information content (AvgIpc) is 2.70. The highest BCUT2D eigenvalue weighted by molar-refractivity contribution is 7.92. The molecule has 0 bridgehead atoms. The smallest absolute Gasteiger partial charge is 0.261 e. The van der Waals surface area contributed by atoms with Crippen molar-refractivity contribution in [1.29, 1.82) is 0 Å². The molecule has 27 heavy (non-hydrogen) atoms. The minimum atomic E-state index is -3.59. The molecule has 0 saturated heterocycles. The maximum absolute atomic E-state index is 12.8. The molecule has 1 saturated carbocycles. The molecule has 5 heteroatoms. The van der Waals surface area contributed by atoms with E-state index in [1.54, 1.807) is 12.1 Å². The minimum absolute atomic E-state index is 0.301. The summed E-state index contributed by atoms with van der Waals surface area (Å²) in [5.41, 5.74) is 2.81. The molecule has 0 unspecified atom stereocenters. The van der Waals surface area contributed by atoms with Crippen LogP contribution >= 0.6 is 0 Å². The molecule has 2 aromatic carbocycles. The van der Waals surface area contributed by atoms with Crippen LogP contribution in [0.3, 0.4) is 0 Å². The highest BCUT2D eigenvalue weighted by Gasteiger charge is 2.20. The monoisotopic (exact) mass is 386 g/mol. The van der Waals surface area contributed by atoms with Gasteiger partial charge in [0.1, 0.15) is 0 Å². The van der Waals surface area contributed by atoms with E-state index >= 15 is 0 Å². The lowest BCUT2D eigenvalue weighted by molar-refractivity contribution is 0.185. The number of hydrogen-bond acceptors (Lipinski definition) is 3. The second-order valence-corrected chi connectivity index (χ2v) is 9.15. The third kappa shape index (κ3) is 5.11. The summed E-state index contributed by atoms with van der Waals surface area (Å²) in [5.74, 6) is 0. The van der Waals surface area contributed by atoms with Crippen LogP contribution in [0, 0.1) is 0 Å². The summed E-state index contributed by atoms with van der Waals surface area (Å²) in [6.07, 6.45) is 7.26. The third-order valence-electron chi connectivity index (χ3n) is 5.52. The number of benzene rings is 2. The molecular weight excluding hydrogens is 356 g/mol. The van der Waals surface area contributed by atoms with Crippen LogP contribution in [-0.4, -0.2) is 26.4 Å². The fourth-order valence-corrected chi connectivity index (χ4v) is 4.89. The number of rotatable bonds is 7. The Hall–Kier alpha value is -1.85. The Kier molecular flexibility index (Phi) is 6.55. The molecule has 1 aliphatic carbocycles. The van der Waals surface area contributed by atoms with Crippen LogP contribution in [0.5, 0.6) is 0 Å². The first-order chi connectivity index (χ1) is 13.0. The van der Waals surface area contributed by atoms with E-state index in [-0.39, 0.29) is 0 Å². The van der Waals surface area contributed by atoms with Crippen molar-refractivity contribution in [3.8, 4) is 0 Å². The standard InChI is InChI=1S/C22H30N2O2S/c1-3-18-13-15-21(16-14-18)27(25,26)23-22-12-8-7-9-19(22)17-24(2)20-10-5-4-6-11-20/h7-9,12-16,20,23H,3-6,10-11,17H2,1-2H3. The highest BCUT2D eigenvalue weighted by Crippen LogP contribution is 2.26. The summed E-state index contributed by atoms with van der Waals surface area (Å²) in [7, 11) is -1.45. The molecule has 0 spiro atoms. The van der Waals surface area contributed by atoms with Crippen molar-refractivity contribution in [3.05, 3.63) is 59.7 Å². The molecule has 0 amide bonds. The van der Waals surface area contributed by atoms with Crippen molar-refractivity contribution in [1.82, 2.24) is 4.90 Å². The summed E-state index contributed by atoms with van der Waals surface area (Å²) in [5, 5.41) is 0. The fourth-order valence-electron chi connectivity index (χ4n) is 3.79. The summed E-state index contributed by atoms with van der Waals surface area (Å²) in [6, 6.07) is 15.4. The summed E-state index contributed by atoms with van der Waals surface area (Å²) in [6.45, 7) is 2.80. The molecule has 1 fully saturated rings. The van der Waals surface area contributed by atoms with E-state index in [1.165, 1.54) is 32.1 Å². The van der Waals surface area contributed by atoms with Gasteiger partial charge in [0.05, 0.1) is 10.6 Å². The zero-order valence-corrected chi connectivity index (χ0v) is 17.1. The Morgan fingerprint density at radius 1 is 1.00 bits per heavy atom. The number of aryl methyl sites for hydroxylation is 1. The van der Waals surface area contributed by atoms with Gasteiger partial charge in [0, 0.05) is 12.6 Å². The molecule has 0 radical (unpaired) electrons. The van der Waals surface area contributed by atoms with Crippen molar-refractivity contribution in [2.45, 2.75) is 62.9 Å². The lowest BCUT2D eigenvalue weighted by Crippen LogP contribution is -2.33. The van der Waals surface area contributed by atoms with Gasteiger partial charge in [0.2, 0.25) is 0 Å². The van der Waals surface area contributed by atoms with Crippen LogP contribution < -0.4 is 4.72 Å². The average molecular weight is 387 g/mol. The normalized spacial score (nSPS) is 15.8. The van der Waals surface area contributed by atoms with Crippen molar-refractivity contribution in [2.75, 3.05) is 11.8 Å². The van der Waals surface area contributed by atoms with Gasteiger partial charge in [-0.25, -0.2) is 8.42 Å². The number of sulfonamides is 1. The van der Waals surface area contributed by atoms with Gasteiger partial charge in [0.25, 0.3) is 10.0 Å². The molecule has 0 aromatic heterocycles. The largest absolute Gasteiger partial charge is 0.299 e. The van der Waals surface area contributed by atoms with Crippen molar-refractivity contribution >= 4 is 15.7 Å². The predicted octanol–water partition coefficient (Wildman–Crippen LogP) is 4.81. The zero-order chi connectivity index (χ0) is 19.3. The lowest BCUT2D eigenvalue weighted by Gasteiger charge is -2.31. The number of para-hydroxylation sites is 1. The zero-order valence-electron chi connectivity index (χ0n) is 16.3. The summed E-state index contributed by atoms with van der Waals surface area (Å²) < 4.78 is 28.4. The predicted molar refractivity (Wildman–Crippen MR) is 111 cm³/mol. The van der Waals surface area contributed by atoms with E-state index in [0.29, 0.717) is 16.6 Å². The minimum Gasteiger partial charge on any atom is -0.299 e. The van der Waals surface area contributed by atoms with Gasteiger partial charge in [-0.15, -0.1) is 0 Å². The highest BCUT2D eigenvalue weighted by atomic mass is 32.2. The first-order valence-corrected chi connectivity index (χ1v) is 11.4. The van der Waals surface area contributed by atoms with Crippen LogP contribution in [-0.2, 0) is 23.0 Å². The van der Waals surface area contributed by atoms with Gasteiger partial charge in [-0.3, -0.25) is 9.62 Å². The SMILES string of the molecule is CCc1ccc(S(=O)(=O)Nc2ccccc2CN(C)C2CCCCC2)cc1. The first kappa shape index (κ1) is 19.9. The topological polar surface area (TPSA) is 49.4 Å². The Morgan fingerprint density at radius 3 is 2.33 bits per heavy atom. The van der Waals surface area contributed by atoms with Gasteiger partial charge in [-0.1, -0.05) is 56.5 Å². The summed E-state index contributed by atoms with van der Waals surface area (Å²) in [4.78, 5) is 2.66. The van der Waals surface area contributed by atoms with E-state index in [2.05, 4.69) is 23.6 Å². The molecule has 3 rings (SSSR count). The van der Waals surface area contributed by atoms with E-state index < -0.39 is 10.0 Å². The number of hydrogen-bond donors (Lipinski definition) is 1. The molecule has 2 aromatic rings. The van der Waals surface area contributed by atoms with Crippen molar-refractivity contribution in [2.24, 2.45) is 0 Å². The second kappa shape index (κ2) is 8.89. The van der Waals surface area contributed by atoms with E-state index in [0.717, 1.165) is 24.1 Å². The van der Waals surface area contributed by atoms with Gasteiger partial charge >= 0.3 is 0 Å². The Morgan fingerprint density at radius 2 is 1.67 bits per heavy atom. The Labute approximate surface area is 163 Å². The van der Waals surface area contributed by atoms with Crippen LogP contribution in [0.15, 0.2) is 53.4 Å². The van der Waals surface area contributed by atoms with Crippen LogP contribution in [0.2, 0.25) is 0 Å². The molecule has 1 aliphatic rings. The summed E-state index contributed by atoms with van der Waals surface area (Å²) >= 11 is 0. The molecule has 0 aliphatic heterocycles. The third-order valence-corrected chi connectivity index (χ3v) is 6.90. The second-order valence-electron chi connectivity index (χ2n) is 7.47. The maximum Gasteiger partial charge on any atom is 0.261 e. The number of nitrogens with zero attached hydrogens (tertiary/aromatic N) is 1. The fraction of sp³-hybridized carbons (Fsp3) is 0.455. The first-order valence-electron chi connectivity index (χ1n) is 9.89. The van der Waals surface area contributed by atoms with E-state index in [4.69, 9.17) is 0 Å². The van der Waals surface area contributed by atoms with Gasteiger partial charge < -0.3 is 0 Å². The molecule has 146 valence electrons. The number of anilines is 1. The maximum atomic E-state index is 12.8.